The summed E-state index contributed by atoms with van der Waals surface area (Å²) >= 11 is 0. The van der Waals surface area contributed by atoms with Crippen molar-refractivity contribution >= 4 is 5.97 Å². The van der Waals surface area contributed by atoms with Crippen LogP contribution in [0.4, 0.5) is 0 Å². The molecule has 4 heteroatoms. The maximum absolute atomic E-state index is 9.92. The molecule has 4 nitrogen and oxygen atoms in total. The molecule has 0 radical (unpaired) electrons. The van der Waals surface area contributed by atoms with Gasteiger partial charge < -0.3 is 15.5 Å². The summed E-state index contributed by atoms with van der Waals surface area (Å²) in [6, 6.07) is 0. The third-order valence-corrected chi connectivity index (χ3v) is 1.13. The Bertz CT molecular complexity index is 105. The maximum atomic E-state index is 9.92. The molecule has 0 bridgehead atoms. The Balaban J connectivity index is 3.11. The Labute approximate surface area is 59.9 Å². The lowest BCUT2D eigenvalue weighted by atomic mass is 10.3. The van der Waals surface area contributed by atoms with Gasteiger partial charge in [0.2, 0.25) is 0 Å². The summed E-state index contributed by atoms with van der Waals surface area (Å²) in [4.78, 5) is 9.92. The van der Waals surface area contributed by atoms with Gasteiger partial charge in [0, 0.05) is 6.54 Å². The number of aliphatic hydroxyl groups excluding tert-OH is 1. The predicted octanol–water partition coefficient (Wildman–Crippen LogP) is -0.569. The lowest BCUT2D eigenvalue weighted by Gasteiger charge is -2.06. The maximum Gasteiger partial charge on any atom is 0.317 e. The van der Waals surface area contributed by atoms with E-state index < -0.39 is 12.1 Å². The molecule has 0 fully saturated rings. The second kappa shape index (κ2) is 5.20. The molecule has 10 heavy (non-hydrogen) atoms. The first-order valence-corrected chi connectivity index (χ1v) is 3.27. The molecule has 1 atom stereocenters. The minimum absolute atomic E-state index is 0.0863. The van der Waals surface area contributed by atoms with Crippen LogP contribution in [0.25, 0.3) is 0 Å². The van der Waals surface area contributed by atoms with Crippen molar-refractivity contribution in [3.05, 3.63) is 0 Å². The van der Waals surface area contributed by atoms with Crippen LogP contribution >= 0.6 is 0 Å². The summed E-state index contributed by atoms with van der Waals surface area (Å²) in [5.74, 6) is -0.900. The third kappa shape index (κ3) is 5.53. The summed E-state index contributed by atoms with van der Waals surface area (Å²) in [6.45, 7) is 2.10. The average Bonchev–Trinajstić information content (AvgIpc) is 1.87. The van der Waals surface area contributed by atoms with E-state index in [2.05, 4.69) is 5.32 Å². The Morgan fingerprint density at radius 3 is 2.70 bits per heavy atom. The van der Waals surface area contributed by atoms with E-state index in [0.717, 1.165) is 0 Å². The molecular formula is C6H13NO3. The minimum atomic E-state index is -0.900. The predicted molar refractivity (Wildman–Crippen MR) is 36.8 cm³/mol. The molecule has 3 N–H and O–H groups in total. The second-order valence-corrected chi connectivity index (χ2v) is 2.09. The fourth-order valence-electron chi connectivity index (χ4n) is 0.490. The van der Waals surface area contributed by atoms with E-state index in [4.69, 9.17) is 10.2 Å². The Hall–Kier alpha value is -0.610. The SMILES string of the molecule is CCC(O)CNCC(=O)O. The van der Waals surface area contributed by atoms with E-state index in [9.17, 15) is 4.79 Å². The Morgan fingerprint density at radius 1 is 1.70 bits per heavy atom. The number of carboxylic acids is 1. The monoisotopic (exact) mass is 147 g/mol. The van der Waals surface area contributed by atoms with Gasteiger partial charge in [-0.3, -0.25) is 4.79 Å². The molecule has 0 rings (SSSR count). The molecule has 0 saturated heterocycles. The molecule has 0 aliphatic heterocycles. The Morgan fingerprint density at radius 2 is 2.30 bits per heavy atom. The number of rotatable bonds is 5. The summed E-state index contributed by atoms with van der Waals surface area (Å²) in [5.41, 5.74) is 0. The highest BCUT2D eigenvalue weighted by molar-refractivity contribution is 5.68. The number of hydrogen-bond donors (Lipinski definition) is 3. The number of nitrogens with one attached hydrogen (secondary N) is 1. The van der Waals surface area contributed by atoms with Crippen LogP contribution in [0.5, 0.6) is 0 Å². The van der Waals surface area contributed by atoms with Crippen molar-refractivity contribution in [3.63, 3.8) is 0 Å². The van der Waals surface area contributed by atoms with Gasteiger partial charge in [-0.15, -0.1) is 0 Å². The summed E-state index contributed by atoms with van der Waals surface area (Å²) in [5, 5.41) is 19.7. The lowest BCUT2D eigenvalue weighted by Crippen LogP contribution is -2.30. The molecule has 1 unspecified atom stereocenters. The van der Waals surface area contributed by atoms with Crippen LogP contribution in [-0.2, 0) is 4.79 Å². The Kier molecular flexibility index (Phi) is 4.88. The van der Waals surface area contributed by atoms with Crippen LogP contribution in [0.2, 0.25) is 0 Å². The summed E-state index contributed by atoms with van der Waals surface area (Å²) < 4.78 is 0. The van der Waals surface area contributed by atoms with Gasteiger partial charge in [0.25, 0.3) is 0 Å². The highest BCUT2D eigenvalue weighted by atomic mass is 16.4. The fraction of sp³-hybridized carbons (Fsp3) is 0.833. The van der Waals surface area contributed by atoms with Gasteiger partial charge in [-0.2, -0.15) is 0 Å². The molecule has 0 saturated carbocycles. The van der Waals surface area contributed by atoms with Gasteiger partial charge in [-0.05, 0) is 6.42 Å². The van der Waals surface area contributed by atoms with E-state index in [-0.39, 0.29) is 6.54 Å². The van der Waals surface area contributed by atoms with Gasteiger partial charge in [0.15, 0.2) is 0 Å². The smallest absolute Gasteiger partial charge is 0.317 e. The number of carbonyl (C=O) groups is 1. The normalized spacial score (nSPS) is 13.0. The quantitative estimate of drug-likeness (QED) is 0.487. The van der Waals surface area contributed by atoms with Gasteiger partial charge in [0.05, 0.1) is 12.6 Å². The summed E-state index contributed by atoms with van der Waals surface area (Å²) in [7, 11) is 0. The van der Waals surface area contributed by atoms with Gasteiger partial charge in [0.1, 0.15) is 0 Å². The van der Waals surface area contributed by atoms with Crippen LogP contribution in [-0.4, -0.2) is 35.4 Å². The van der Waals surface area contributed by atoms with E-state index in [0.29, 0.717) is 13.0 Å². The van der Waals surface area contributed by atoms with Crippen molar-refractivity contribution < 1.29 is 15.0 Å². The molecule has 0 amide bonds. The van der Waals surface area contributed by atoms with Gasteiger partial charge in [-0.1, -0.05) is 6.92 Å². The largest absolute Gasteiger partial charge is 0.480 e. The number of aliphatic carboxylic acids is 1. The molecule has 0 aliphatic rings. The van der Waals surface area contributed by atoms with Crippen molar-refractivity contribution in [2.24, 2.45) is 0 Å². The molecule has 0 spiro atoms. The lowest BCUT2D eigenvalue weighted by molar-refractivity contribution is -0.136. The van der Waals surface area contributed by atoms with Crippen LogP contribution < -0.4 is 5.32 Å². The van der Waals surface area contributed by atoms with Crippen molar-refractivity contribution in [1.29, 1.82) is 0 Å². The van der Waals surface area contributed by atoms with E-state index >= 15 is 0 Å². The van der Waals surface area contributed by atoms with Crippen molar-refractivity contribution in [1.82, 2.24) is 5.32 Å². The number of carboxylic acid groups (broad SMARTS) is 1. The van der Waals surface area contributed by atoms with Crippen molar-refractivity contribution in [3.8, 4) is 0 Å². The second-order valence-electron chi connectivity index (χ2n) is 2.09. The van der Waals surface area contributed by atoms with E-state index in [1.54, 1.807) is 0 Å². The number of hydrogen-bond acceptors (Lipinski definition) is 3. The molecule has 0 heterocycles. The highest BCUT2D eigenvalue weighted by Gasteiger charge is 2.00. The molecule has 0 aliphatic carbocycles. The zero-order chi connectivity index (χ0) is 7.98. The van der Waals surface area contributed by atoms with E-state index in [1.165, 1.54) is 0 Å². The third-order valence-electron chi connectivity index (χ3n) is 1.13. The van der Waals surface area contributed by atoms with Gasteiger partial charge >= 0.3 is 5.97 Å². The zero-order valence-electron chi connectivity index (χ0n) is 6.00. The van der Waals surface area contributed by atoms with Crippen LogP contribution in [0, 0.1) is 0 Å². The highest BCUT2D eigenvalue weighted by Crippen LogP contribution is 1.84. The minimum Gasteiger partial charge on any atom is -0.480 e. The summed E-state index contributed by atoms with van der Waals surface area (Å²) in [6.07, 6.45) is 0.214. The van der Waals surface area contributed by atoms with Crippen molar-refractivity contribution in [2.75, 3.05) is 13.1 Å². The van der Waals surface area contributed by atoms with Crippen LogP contribution in [0.15, 0.2) is 0 Å². The first-order chi connectivity index (χ1) is 4.66. The number of aliphatic hydroxyl groups is 1. The molecular weight excluding hydrogens is 134 g/mol. The first kappa shape index (κ1) is 9.39. The van der Waals surface area contributed by atoms with Gasteiger partial charge in [-0.25, -0.2) is 0 Å². The molecule has 0 aromatic carbocycles. The first-order valence-electron chi connectivity index (χ1n) is 3.27. The van der Waals surface area contributed by atoms with Crippen LogP contribution in [0.3, 0.4) is 0 Å². The van der Waals surface area contributed by atoms with Crippen LogP contribution in [0.1, 0.15) is 13.3 Å². The average molecular weight is 147 g/mol. The molecule has 0 aromatic heterocycles. The topological polar surface area (TPSA) is 69.6 Å². The van der Waals surface area contributed by atoms with Crippen molar-refractivity contribution in [2.45, 2.75) is 19.4 Å². The standard InChI is InChI=1S/C6H13NO3/c1-2-5(8)3-7-4-6(9)10/h5,7-8H,2-4H2,1H3,(H,9,10). The molecule has 0 aromatic rings. The zero-order valence-corrected chi connectivity index (χ0v) is 6.00. The fourth-order valence-corrected chi connectivity index (χ4v) is 0.490. The van der Waals surface area contributed by atoms with E-state index in [1.807, 2.05) is 6.92 Å². The molecule has 60 valence electrons.